The lowest BCUT2D eigenvalue weighted by Gasteiger charge is -2.10. The Bertz CT molecular complexity index is 149. The van der Waals surface area contributed by atoms with Crippen molar-refractivity contribution in [3.63, 3.8) is 0 Å². The van der Waals surface area contributed by atoms with Crippen LogP contribution in [0.15, 0.2) is 0 Å². The quantitative estimate of drug-likeness (QED) is 0.572. The largest absolute Gasteiger partial charge is 0.368 e. The highest BCUT2D eigenvalue weighted by Crippen LogP contribution is 2.34. The fourth-order valence-corrected chi connectivity index (χ4v) is 1.66. The lowest BCUT2D eigenvalue weighted by Crippen LogP contribution is -2.18. The highest BCUT2D eigenvalue weighted by Gasteiger charge is 2.45. The van der Waals surface area contributed by atoms with E-state index in [1.165, 1.54) is 0 Å². The number of aliphatic hydroxyl groups excluding tert-OH is 1. The van der Waals surface area contributed by atoms with Gasteiger partial charge in [0.05, 0.1) is 12.7 Å². The summed E-state index contributed by atoms with van der Waals surface area (Å²) in [4.78, 5) is 0. The summed E-state index contributed by atoms with van der Waals surface area (Å²) in [7, 11) is 1.61. The van der Waals surface area contributed by atoms with Crippen LogP contribution >= 0.6 is 0 Å². The first-order chi connectivity index (χ1) is 5.31. The SMILES string of the molecule is CO[C@@H]1C[C@H]2C(O)OC[C@H]2O1. The maximum absolute atomic E-state index is 9.25. The Morgan fingerprint density at radius 2 is 2.36 bits per heavy atom. The second-order valence-electron chi connectivity index (χ2n) is 2.96. The Balaban J connectivity index is 1.98. The lowest BCUT2D eigenvalue weighted by atomic mass is 10.0. The molecule has 1 N–H and O–H groups in total. The molecule has 0 aromatic rings. The fourth-order valence-electron chi connectivity index (χ4n) is 1.66. The average molecular weight is 160 g/mol. The lowest BCUT2D eigenvalue weighted by molar-refractivity contribution is -0.135. The second kappa shape index (κ2) is 2.71. The van der Waals surface area contributed by atoms with Crippen molar-refractivity contribution in [1.29, 1.82) is 0 Å². The number of aliphatic hydroxyl groups is 1. The Morgan fingerprint density at radius 1 is 1.55 bits per heavy atom. The molecule has 11 heavy (non-hydrogen) atoms. The third-order valence-electron chi connectivity index (χ3n) is 2.33. The molecular formula is C7H12O4. The number of ether oxygens (including phenoxy) is 3. The summed E-state index contributed by atoms with van der Waals surface area (Å²) in [5.41, 5.74) is 0. The predicted molar refractivity (Wildman–Crippen MR) is 35.7 cm³/mol. The molecule has 2 saturated heterocycles. The van der Waals surface area contributed by atoms with Gasteiger partial charge in [-0.1, -0.05) is 0 Å². The van der Waals surface area contributed by atoms with Gasteiger partial charge in [-0.15, -0.1) is 0 Å². The van der Waals surface area contributed by atoms with Crippen LogP contribution in [0.25, 0.3) is 0 Å². The van der Waals surface area contributed by atoms with E-state index in [0.29, 0.717) is 6.61 Å². The molecule has 4 nitrogen and oxygen atoms in total. The van der Waals surface area contributed by atoms with E-state index in [-0.39, 0.29) is 18.3 Å². The van der Waals surface area contributed by atoms with Crippen molar-refractivity contribution in [2.45, 2.75) is 25.1 Å². The van der Waals surface area contributed by atoms with Gasteiger partial charge in [0, 0.05) is 19.4 Å². The van der Waals surface area contributed by atoms with Crippen LogP contribution < -0.4 is 0 Å². The molecule has 0 aliphatic carbocycles. The van der Waals surface area contributed by atoms with Crippen molar-refractivity contribution in [3.8, 4) is 0 Å². The van der Waals surface area contributed by atoms with Crippen molar-refractivity contribution >= 4 is 0 Å². The van der Waals surface area contributed by atoms with Crippen molar-refractivity contribution in [1.82, 2.24) is 0 Å². The molecule has 2 fully saturated rings. The molecule has 0 amide bonds. The van der Waals surface area contributed by atoms with E-state index in [2.05, 4.69) is 0 Å². The number of methoxy groups -OCH3 is 1. The molecule has 0 aromatic heterocycles. The normalized spacial score (nSPS) is 49.6. The first kappa shape index (κ1) is 7.49. The van der Waals surface area contributed by atoms with Gasteiger partial charge in [0.15, 0.2) is 12.6 Å². The van der Waals surface area contributed by atoms with Gasteiger partial charge in [-0.3, -0.25) is 0 Å². The third-order valence-corrected chi connectivity index (χ3v) is 2.33. The molecular weight excluding hydrogens is 148 g/mol. The molecule has 2 aliphatic rings. The summed E-state index contributed by atoms with van der Waals surface area (Å²) in [5, 5.41) is 9.25. The van der Waals surface area contributed by atoms with Gasteiger partial charge in [-0.25, -0.2) is 0 Å². The van der Waals surface area contributed by atoms with Gasteiger partial charge in [-0.2, -0.15) is 0 Å². The number of rotatable bonds is 1. The third kappa shape index (κ3) is 1.16. The van der Waals surface area contributed by atoms with Crippen LogP contribution in [0.3, 0.4) is 0 Å². The van der Waals surface area contributed by atoms with Crippen LogP contribution in [-0.4, -0.2) is 37.5 Å². The smallest absolute Gasteiger partial charge is 0.160 e. The summed E-state index contributed by atoms with van der Waals surface area (Å²) < 4.78 is 15.4. The Morgan fingerprint density at radius 3 is 3.00 bits per heavy atom. The van der Waals surface area contributed by atoms with Crippen LogP contribution in [-0.2, 0) is 14.2 Å². The molecule has 0 aromatic carbocycles. The average Bonchev–Trinajstić information content (AvgIpc) is 2.53. The van der Waals surface area contributed by atoms with E-state index in [1.807, 2.05) is 0 Å². The molecule has 64 valence electrons. The molecule has 1 unspecified atom stereocenters. The standard InChI is InChI=1S/C7H12O4/c1-9-6-2-4-5(11-6)3-10-7(4)8/h4-8H,2-3H2,1H3/t4-,5-,6+,7?/m1/s1. The second-order valence-corrected chi connectivity index (χ2v) is 2.96. The van der Waals surface area contributed by atoms with Gasteiger partial charge in [0.25, 0.3) is 0 Å². The molecule has 4 atom stereocenters. The molecule has 2 heterocycles. The maximum Gasteiger partial charge on any atom is 0.160 e. The van der Waals surface area contributed by atoms with Crippen LogP contribution in [0.1, 0.15) is 6.42 Å². The van der Waals surface area contributed by atoms with Gasteiger partial charge in [-0.05, 0) is 0 Å². The zero-order valence-corrected chi connectivity index (χ0v) is 6.40. The predicted octanol–water partition coefficient (Wildman–Crippen LogP) is -0.287. The van der Waals surface area contributed by atoms with Crippen LogP contribution in [0.5, 0.6) is 0 Å². The van der Waals surface area contributed by atoms with Gasteiger partial charge in [0.1, 0.15) is 0 Å². The highest BCUT2D eigenvalue weighted by molar-refractivity contribution is 4.85. The van der Waals surface area contributed by atoms with E-state index in [0.717, 1.165) is 6.42 Å². The summed E-state index contributed by atoms with van der Waals surface area (Å²) >= 11 is 0. The van der Waals surface area contributed by atoms with E-state index >= 15 is 0 Å². The van der Waals surface area contributed by atoms with E-state index in [4.69, 9.17) is 14.2 Å². The molecule has 0 radical (unpaired) electrons. The minimum absolute atomic E-state index is 0.0370. The first-order valence-electron chi connectivity index (χ1n) is 3.79. The van der Waals surface area contributed by atoms with Crippen molar-refractivity contribution in [3.05, 3.63) is 0 Å². The molecule has 0 bridgehead atoms. The van der Waals surface area contributed by atoms with Gasteiger partial charge in [0.2, 0.25) is 0 Å². The Kier molecular flexibility index (Phi) is 1.85. The zero-order valence-electron chi connectivity index (χ0n) is 6.40. The fraction of sp³-hybridized carbons (Fsp3) is 1.00. The Hall–Kier alpha value is -0.160. The van der Waals surface area contributed by atoms with Gasteiger partial charge >= 0.3 is 0 Å². The van der Waals surface area contributed by atoms with Crippen LogP contribution in [0, 0.1) is 5.92 Å². The topological polar surface area (TPSA) is 47.9 Å². The van der Waals surface area contributed by atoms with Crippen LogP contribution in [0.4, 0.5) is 0 Å². The Labute approximate surface area is 65.1 Å². The van der Waals surface area contributed by atoms with Crippen LogP contribution in [0.2, 0.25) is 0 Å². The van der Waals surface area contributed by atoms with E-state index in [1.54, 1.807) is 7.11 Å². The summed E-state index contributed by atoms with van der Waals surface area (Å²) in [5.74, 6) is 0.111. The van der Waals surface area contributed by atoms with Crippen molar-refractivity contribution in [2.24, 2.45) is 5.92 Å². The van der Waals surface area contributed by atoms with Gasteiger partial charge < -0.3 is 19.3 Å². The molecule has 0 saturated carbocycles. The molecule has 0 spiro atoms. The summed E-state index contributed by atoms with van der Waals surface area (Å²) in [6.07, 6.45) is -0.0267. The molecule has 2 rings (SSSR count). The minimum atomic E-state index is -0.653. The zero-order chi connectivity index (χ0) is 7.84. The minimum Gasteiger partial charge on any atom is -0.368 e. The first-order valence-corrected chi connectivity index (χ1v) is 3.79. The maximum atomic E-state index is 9.25. The number of hydrogen-bond acceptors (Lipinski definition) is 4. The monoisotopic (exact) mass is 160 g/mol. The van der Waals surface area contributed by atoms with E-state index < -0.39 is 6.29 Å². The van der Waals surface area contributed by atoms with Crippen molar-refractivity contribution in [2.75, 3.05) is 13.7 Å². The molecule has 2 aliphatic heterocycles. The van der Waals surface area contributed by atoms with E-state index in [9.17, 15) is 5.11 Å². The summed E-state index contributed by atoms with van der Waals surface area (Å²) in [6, 6.07) is 0. The van der Waals surface area contributed by atoms with Crippen molar-refractivity contribution < 1.29 is 19.3 Å². The molecule has 4 heteroatoms. The highest BCUT2D eigenvalue weighted by atomic mass is 16.7. The number of hydrogen-bond donors (Lipinski definition) is 1. The summed E-state index contributed by atoms with van der Waals surface area (Å²) in [6.45, 7) is 0.492. The number of fused-ring (bicyclic) bond motifs is 1.